The maximum absolute atomic E-state index is 15.1. The third-order valence-corrected chi connectivity index (χ3v) is 5.81. The molecule has 2 rings (SSSR count). The molecule has 1 N–H and O–H groups in total. The van der Waals surface area contributed by atoms with Gasteiger partial charge in [-0.1, -0.05) is 24.6 Å². The van der Waals surface area contributed by atoms with Gasteiger partial charge in [-0.3, -0.25) is 4.79 Å². The number of aldehydes is 1. The molecule has 0 spiro atoms. The summed E-state index contributed by atoms with van der Waals surface area (Å²) in [5.41, 5.74) is 0.821. The fourth-order valence-electron chi connectivity index (χ4n) is 2.32. The van der Waals surface area contributed by atoms with E-state index in [1.807, 2.05) is 27.7 Å². The van der Waals surface area contributed by atoms with Crippen molar-refractivity contribution in [1.82, 2.24) is 4.72 Å². The average Bonchev–Trinajstić information content (AvgIpc) is 2.63. The molecule has 0 aliphatic carbocycles. The zero-order valence-corrected chi connectivity index (χ0v) is 17.3. The summed E-state index contributed by atoms with van der Waals surface area (Å²) >= 11 is 6.13. The summed E-state index contributed by atoms with van der Waals surface area (Å²) in [6.45, 7) is 7.42. The third kappa shape index (κ3) is 5.37. The highest BCUT2D eigenvalue weighted by Crippen LogP contribution is 2.36. The molecular formula is C20H23ClFNO3S. The summed E-state index contributed by atoms with van der Waals surface area (Å²) < 4.78 is 35.7. The summed E-state index contributed by atoms with van der Waals surface area (Å²) in [5, 5.41) is 0.127. The number of carbonyl (C=O) groups excluding carboxylic acids is 1. The van der Waals surface area contributed by atoms with Crippen LogP contribution < -0.4 is 9.46 Å². The first-order chi connectivity index (χ1) is 12.7. The fourth-order valence-corrected chi connectivity index (χ4v) is 3.41. The lowest BCUT2D eigenvalue weighted by Gasteiger charge is -2.24. The van der Waals surface area contributed by atoms with Gasteiger partial charge in [0.15, 0.2) is 11.6 Å². The minimum absolute atomic E-state index is 0.102. The largest absolute Gasteiger partial charge is 0.453 e. The SMILES string of the molecule is CC[C@@H](N[S@](=O)C(C)(C)C)c1ccc(Cl)c(Oc2ccc(C=O)cc2)c1F. The van der Waals surface area contributed by atoms with E-state index >= 15 is 4.39 Å². The van der Waals surface area contributed by atoms with Gasteiger partial charge >= 0.3 is 0 Å². The van der Waals surface area contributed by atoms with Crippen molar-refractivity contribution in [3.63, 3.8) is 0 Å². The minimum atomic E-state index is -1.35. The first kappa shape index (κ1) is 21.5. The van der Waals surface area contributed by atoms with Gasteiger partial charge in [0, 0.05) is 17.2 Å². The Morgan fingerprint density at radius 1 is 1.22 bits per heavy atom. The Labute approximate surface area is 166 Å². The molecule has 0 heterocycles. The molecule has 0 aromatic heterocycles. The predicted molar refractivity (Wildman–Crippen MR) is 107 cm³/mol. The van der Waals surface area contributed by atoms with Gasteiger partial charge in [0.05, 0.1) is 20.8 Å². The Hall–Kier alpha value is -1.76. The summed E-state index contributed by atoms with van der Waals surface area (Å²) in [6.07, 6.45) is 1.25. The molecule has 27 heavy (non-hydrogen) atoms. The van der Waals surface area contributed by atoms with E-state index in [0.717, 1.165) is 0 Å². The van der Waals surface area contributed by atoms with Crippen LogP contribution in [0.2, 0.25) is 5.02 Å². The smallest absolute Gasteiger partial charge is 0.181 e. The normalized spacial score (nSPS) is 13.9. The lowest BCUT2D eigenvalue weighted by Crippen LogP contribution is -2.35. The van der Waals surface area contributed by atoms with Crippen LogP contribution in [0.4, 0.5) is 4.39 Å². The quantitative estimate of drug-likeness (QED) is 0.604. The highest BCUT2D eigenvalue weighted by molar-refractivity contribution is 7.84. The molecule has 0 aliphatic rings. The standard InChI is InChI=1S/C20H23ClFNO3S/c1-5-17(23-27(25)20(2,3)4)15-10-11-16(21)19(18(15)22)26-14-8-6-13(12-24)7-9-14/h6-12,17,23H,5H2,1-4H3/t17-,27-/m1/s1. The van der Waals surface area contributed by atoms with Gasteiger partial charge < -0.3 is 4.74 Å². The molecule has 0 aliphatic heterocycles. The first-order valence-electron chi connectivity index (χ1n) is 8.56. The Bertz CT molecular complexity index is 834. The van der Waals surface area contributed by atoms with E-state index in [1.165, 1.54) is 0 Å². The molecule has 4 nitrogen and oxygen atoms in total. The first-order valence-corrected chi connectivity index (χ1v) is 10.1. The second kappa shape index (κ2) is 8.95. The van der Waals surface area contributed by atoms with Gasteiger partial charge in [-0.15, -0.1) is 0 Å². The number of hydrogen-bond acceptors (Lipinski definition) is 3. The van der Waals surface area contributed by atoms with E-state index in [4.69, 9.17) is 16.3 Å². The molecule has 0 unspecified atom stereocenters. The van der Waals surface area contributed by atoms with Gasteiger partial charge in [0.25, 0.3) is 0 Å². The van der Waals surface area contributed by atoms with Crippen LogP contribution in [0.3, 0.4) is 0 Å². The Morgan fingerprint density at radius 2 is 1.85 bits per heavy atom. The second-order valence-electron chi connectivity index (χ2n) is 7.03. The number of nitrogens with one attached hydrogen (secondary N) is 1. The molecule has 0 radical (unpaired) electrons. The zero-order chi connectivity index (χ0) is 20.2. The Balaban J connectivity index is 2.34. The molecular weight excluding hydrogens is 389 g/mol. The van der Waals surface area contributed by atoms with Crippen molar-refractivity contribution in [2.24, 2.45) is 0 Å². The van der Waals surface area contributed by atoms with E-state index in [-0.39, 0.29) is 10.8 Å². The van der Waals surface area contributed by atoms with Crippen molar-refractivity contribution in [1.29, 1.82) is 0 Å². The van der Waals surface area contributed by atoms with Crippen molar-refractivity contribution >= 4 is 28.9 Å². The number of carbonyl (C=O) groups is 1. The second-order valence-corrected chi connectivity index (χ2v) is 9.43. The van der Waals surface area contributed by atoms with E-state index in [9.17, 15) is 9.00 Å². The van der Waals surface area contributed by atoms with Crippen molar-refractivity contribution in [2.45, 2.75) is 44.9 Å². The van der Waals surface area contributed by atoms with E-state index in [0.29, 0.717) is 29.6 Å². The number of benzene rings is 2. The molecule has 0 bridgehead atoms. The van der Waals surface area contributed by atoms with Gasteiger partial charge in [0.2, 0.25) is 0 Å². The van der Waals surface area contributed by atoms with Gasteiger partial charge in [-0.25, -0.2) is 13.3 Å². The minimum Gasteiger partial charge on any atom is -0.453 e. The molecule has 146 valence electrons. The van der Waals surface area contributed by atoms with Gasteiger partial charge in [-0.2, -0.15) is 0 Å². The van der Waals surface area contributed by atoms with Crippen LogP contribution in [0.5, 0.6) is 11.5 Å². The van der Waals surface area contributed by atoms with Crippen LogP contribution in [-0.4, -0.2) is 15.2 Å². The lowest BCUT2D eigenvalue weighted by atomic mass is 10.0. The molecule has 7 heteroatoms. The summed E-state index contributed by atoms with van der Waals surface area (Å²) in [7, 11) is -1.35. The summed E-state index contributed by atoms with van der Waals surface area (Å²) in [6, 6.07) is 8.94. The number of hydrogen-bond donors (Lipinski definition) is 1. The monoisotopic (exact) mass is 411 g/mol. The molecule has 0 saturated carbocycles. The van der Waals surface area contributed by atoms with E-state index in [1.54, 1.807) is 36.4 Å². The number of ether oxygens (including phenoxy) is 1. The van der Waals surface area contributed by atoms with Crippen molar-refractivity contribution in [2.75, 3.05) is 0 Å². The molecule has 0 saturated heterocycles. The van der Waals surface area contributed by atoms with Crippen LogP contribution in [0, 0.1) is 5.82 Å². The van der Waals surface area contributed by atoms with Crippen LogP contribution in [0.25, 0.3) is 0 Å². The maximum atomic E-state index is 15.1. The van der Waals surface area contributed by atoms with Crippen LogP contribution >= 0.6 is 11.6 Å². The molecule has 2 atom stereocenters. The van der Waals surface area contributed by atoms with E-state index in [2.05, 4.69) is 4.72 Å². The summed E-state index contributed by atoms with van der Waals surface area (Å²) in [4.78, 5) is 10.7. The molecule has 2 aromatic carbocycles. The maximum Gasteiger partial charge on any atom is 0.181 e. The molecule has 0 fully saturated rings. The topological polar surface area (TPSA) is 55.4 Å². The van der Waals surface area contributed by atoms with Crippen molar-refractivity contribution in [3.8, 4) is 11.5 Å². The molecule has 2 aromatic rings. The highest BCUT2D eigenvalue weighted by atomic mass is 35.5. The Morgan fingerprint density at radius 3 is 2.37 bits per heavy atom. The third-order valence-electron chi connectivity index (χ3n) is 3.90. The van der Waals surface area contributed by atoms with Crippen LogP contribution in [0.15, 0.2) is 36.4 Å². The van der Waals surface area contributed by atoms with E-state index < -0.39 is 27.6 Å². The highest BCUT2D eigenvalue weighted by Gasteiger charge is 2.26. The zero-order valence-electron chi connectivity index (χ0n) is 15.7. The lowest BCUT2D eigenvalue weighted by molar-refractivity contribution is 0.112. The van der Waals surface area contributed by atoms with Gasteiger partial charge in [-0.05, 0) is 57.5 Å². The summed E-state index contributed by atoms with van der Waals surface area (Å²) in [5.74, 6) is -0.347. The van der Waals surface area contributed by atoms with Crippen LogP contribution in [-0.2, 0) is 11.0 Å². The van der Waals surface area contributed by atoms with Gasteiger partial charge in [0.1, 0.15) is 12.0 Å². The van der Waals surface area contributed by atoms with Crippen LogP contribution in [0.1, 0.15) is 56.1 Å². The molecule has 0 amide bonds. The average molecular weight is 412 g/mol. The number of rotatable bonds is 7. The predicted octanol–water partition coefficient (Wildman–Crippen LogP) is 5.59. The van der Waals surface area contributed by atoms with Crippen molar-refractivity contribution in [3.05, 3.63) is 58.4 Å². The number of halogens is 2. The van der Waals surface area contributed by atoms with Crippen molar-refractivity contribution < 1.29 is 18.1 Å². The fraction of sp³-hybridized carbons (Fsp3) is 0.350. The Kier molecular flexibility index (Phi) is 7.14.